The van der Waals surface area contributed by atoms with Crippen molar-refractivity contribution in [3.63, 3.8) is 0 Å². The Balaban J connectivity index is 2.99. The molecule has 0 heterocycles. The number of hydrogen-bond acceptors (Lipinski definition) is 1. The Labute approximate surface area is 129 Å². The predicted molar refractivity (Wildman–Crippen MR) is 89.3 cm³/mol. The van der Waals surface area contributed by atoms with Gasteiger partial charge in [0.2, 0.25) is 0 Å². The summed E-state index contributed by atoms with van der Waals surface area (Å²) < 4.78 is 5.97. The number of ether oxygens (including phenoxy) is 1. The van der Waals surface area contributed by atoms with Gasteiger partial charge in [-0.15, -0.1) is 11.6 Å². The van der Waals surface area contributed by atoms with Crippen molar-refractivity contribution in [1.29, 1.82) is 0 Å². The van der Waals surface area contributed by atoms with Crippen LogP contribution in [-0.2, 0) is 10.8 Å². The third kappa shape index (κ3) is 5.01. The molecule has 114 valence electrons. The van der Waals surface area contributed by atoms with Crippen LogP contribution < -0.4 is 4.74 Å². The molecule has 0 saturated carbocycles. The molecule has 0 bridgehead atoms. The summed E-state index contributed by atoms with van der Waals surface area (Å²) in [4.78, 5) is 0. The Morgan fingerprint density at radius 1 is 0.950 bits per heavy atom. The first kappa shape index (κ1) is 17.4. The molecule has 0 aromatic heterocycles. The van der Waals surface area contributed by atoms with Crippen molar-refractivity contribution in [2.75, 3.05) is 12.5 Å². The van der Waals surface area contributed by atoms with Crippen LogP contribution >= 0.6 is 11.6 Å². The lowest BCUT2D eigenvalue weighted by atomic mass is 9.80. The van der Waals surface area contributed by atoms with Crippen molar-refractivity contribution in [3.8, 4) is 5.75 Å². The smallest absolute Gasteiger partial charge is 0.123 e. The van der Waals surface area contributed by atoms with Gasteiger partial charge >= 0.3 is 0 Å². The molecule has 1 aromatic carbocycles. The van der Waals surface area contributed by atoms with E-state index < -0.39 is 0 Å². The normalized spacial score (nSPS) is 12.6. The van der Waals surface area contributed by atoms with E-state index in [0.717, 1.165) is 25.2 Å². The molecular weight excluding hydrogens is 268 g/mol. The second-order valence-electron chi connectivity index (χ2n) is 7.46. The van der Waals surface area contributed by atoms with E-state index in [-0.39, 0.29) is 10.8 Å². The van der Waals surface area contributed by atoms with Gasteiger partial charge in [-0.2, -0.15) is 0 Å². The summed E-state index contributed by atoms with van der Waals surface area (Å²) in [6.07, 6.45) is 2.01. The van der Waals surface area contributed by atoms with Gasteiger partial charge in [-0.1, -0.05) is 53.7 Å². The van der Waals surface area contributed by atoms with Crippen molar-refractivity contribution >= 4 is 11.6 Å². The van der Waals surface area contributed by atoms with Gasteiger partial charge in [0.15, 0.2) is 0 Å². The zero-order valence-electron chi connectivity index (χ0n) is 13.8. The molecular formula is C18H29ClO. The first-order valence-electron chi connectivity index (χ1n) is 7.50. The monoisotopic (exact) mass is 296 g/mol. The van der Waals surface area contributed by atoms with E-state index in [1.165, 1.54) is 11.1 Å². The summed E-state index contributed by atoms with van der Waals surface area (Å²) in [5.41, 5.74) is 2.89. The minimum Gasteiger partial charge on any atom is -0.493 e. The van der Waals surface area contributed by atoms with Gasteiger partial charge in [-0.25, -0.2) is 0 Å². The van der Waals surface area contributed by atoms with Crippen molar-refractivity contribution in [2.45, 2.75) is 65.2 Å². The standard InChI is InChI=1S/C18H29ClO/c1-17(2,3)14-9-10-16(20-12-8-7-11-19)15(13-14)18(4,5)6/h9-10,13H,7-8,11-12H2,1-6H3. The highest BCUT2D eigenvalue weighted by atomic mass is 35.5. The second-order valence-corrected chi connectivity index (χ2v) is 7.83. The first-order chi connectivity index (χ1) is 9.16. The molecule has 0 amide bonds. The van der Waals surface area contributed by atoms with Crippen molar-refractivity contribution in [2.24, 2.45) is 0 Å². The summed E-state index contributed by atoms with van der Waals surface area (Å²) >= 11 is 5.70. The fraction of sp³-hybridized carbons (Fsp3) is 0.667. The molecule has 0 spiro atoms. The highest BCUT2D eigenvalue weighted by Gasteiger charge is 2.22. The fourth-order valence-corrected chi connectivity index (χ4v) is 2.28. The molecule has 0 N–H and O–H groups in total. The zero-order valence-corrected chi connectivity index (χ0v) is 14.6. The van der Waals surface area contributed by atoms with E-state index in [9.17, 15) is 0 Å². The SMILES string of the molecule is CC(C)(C)c1ccc(OCCCCCl)c(C(C)(C)C)c1. The van der Waals surface area contributed by atoms with E-state index in [2.05, 4.69) is 59.7 Å². The van der Waals surface area contributed by atoms with Crippen LogP contribution in [0.25, 0.3) is 0 Å². The van der Waals surface area contributed by atoms with E-state index in [0.29, 0.717) is 5.88 Å². The molecule has 1 rings (SSSR count). The van der Waals surface area contributed by atoms with Crippen LogP contribution in [0, 0.1) is 0 Å². The third-order valence-electron chi connectivity index (χ3n) is 3.44. The molecule has 0 aliphatic carbocycles. The van der Waals surface area contributed by atoms with Gasteiger partial charge in [0.1, 0.15) is 5.75 Å². The van der Waals surface area contributed by atoms with Gasteiger partial charge in [0.05, 0.1) is 6.61 Å². The minimum absolute atomic E-state index is 0.0864. The minimum atomic E-state index is 0.0864. The maximum absolute atomic E-state index is 5.97. The van der Waals surface area contributed by atoms with Crippen molar-refractivity contribution in [1.82, 2.24) is 0 Å². The fourth-order valence-electron chi connectivity index (χ4n) is 2.09. The maximum Gasteiger partial charge on any atom is 0.123 e. The Morgan fingerprint density at radius 2 is 1.60 bits per heavy atom. The van der Waals surface area contributed by atoms with Crippen LogP contribution in [-0.4, -0.2) is 12.5 Å². The number of unbranched alkanes of at least 4 members (excludes halogenated alkanes) is 1. The van der Waals surface area contributed by atoms with Crippen LogP contribution in [0.15, 0.2) is 18.2 Å². The average Bonchev–Trinajstić information content (AvgIpc) is 2.32. The summed E-state index contributed by atoms with van der Waals surface area (Å²) in [5.74, 6) is 1.72. The molecule has 0 aliphatic heterocycles. The second kappa shape index (κ2) is 6.85. The number of benzene rings is 1. The van der Waals surface area contributed by atoms with Crippen LogP contribution in [0.4, 0.5) is 0 Å². The van der Waals surface area contributed by atoms with Gasteiger partial charge in [-0.05, 0) is 40.9 Å². The van der Waals surface area contributed by atoms with Crippen molar-refractivity contribution < 1.29 is 4.74 Å². The van der Waals surface area contributed by atoms with Gasteiger partial charge in [0, 0.05) is 5.88 Å². The zero-order chi connectivity index (χ0) is 15.4. The van der Waals surface area contributed by atoms with Gasteiger partial charge in [-0.3, -0.25) is 0 Å². The first-order valence-corrected chi connectivity index (χ1v) is 8.03. The molecule has 0 radical (unpaired) electrons. The summed E-state index contributed by atoms with van der Waals surface area (Å²) in [5, 5.41) is 0. The largest absolute Gasteiger partial charge is 0.493 e. The molecule has 0 saturated heterocycles. The van der Waals surface area contributed by atoms with Crippen LogP contribution in [0.2, 0.25) is 0 Å². The van der Waals surface area contributed by atoms with Gasteiger partial charge < -0.3 is 4.74 Å². The molecule has 0 aliphatic rings. The van der Waals surface area contributed by atoms with Crippen molar-refractivity contribution in [3.05, 3.63) is 29.3 Å². The van der Waals surface area contributed by atoms with Crippen LogP contribution in [0.1, 0.15) is 65.5 Å². The average molecular weight is 297 g/mol. The summed E-state index contributed by atoms with van der Waals surface area (Å²) in [7, 11) is 0. The lowest BCUT2D eigenvalue weighted by Gasteiger charge is -2.27. The third-order valence-corrected chi connectivity index (χ3v) is 3.71. The predicted octanol–water partition coefficient (Wildman–Crippen LogP) is 5.68. The summed E-state index contributed by atoms with van der Waals surface area (Å²) in [6, 6.07) is 6.62. The lowest BCUT2D eigenvalue weighted by Crippen LogP contribution is -2.17. The highest BCUT2D eigenvalue weighted by Crippen LogP contribution is 2.35. The van der Waals surface area contributed by atoms with E-state index in [4.69, 9.17) is 16.3 Å². The van der Waals surface area contributed by atoms with E-state index in [1.54, 1.807) is 0 Å². The quantitative estimate of drug-likeness (QED) is 0.502. The Hall–Kier alpha value is -0.690. The Bertz CT molecular complexity index is 424. The molecule has 2 heteroatoms. The molecule has 0 fully saturated rings. The molecule has 1 nitrogen and oxygen atoms in total. The Kier molecular flexibility index (Phi) is 5.94. The number of halogens is 1. The highest BCUT2D eigenvalue weighted by molar-refractivity contribution is 6.17. The van der Waals surface area contributed by atoms with Crippen LogP contribution in [0.5, 0.6) is 5.75 Å². The number of alkyl halides is 1. The molecule has 0 atom stereocenters. The van der Waals surface area contributed by atoms with Crippen LogP contribution in [0.3, 0.4) is 0 Å². The van der Waals surface area contributed by atoms with E-state index in [1.807, 2.05) is 0 Å². The lowest BCUT2D eigenvalue weighted by molar-refractivity contribution is 0.301. The Morgan fingerprint density at radius 3 is 2.10 bits per heavy atom. The molecule has 20 heavy (non-hydrogen) atoms. The topological polar surface area (TPSA) is 9.23 Å². The maximum atomic E-state index is 5.97. The number of hydrogen-bond donors (Lipinski definition) is 0. The molecule has 1 aromatic rings. The van der Waals surface area contributed by atoms with Gasteiger partial charge in [0.25, 0.3) is 0 Å². The van der Waals surface area contributed by atoms with E-state index >= 15 is 0 Å². The molecule has 0 unspecified atom stereocenters. The summed E-state index contributed by atoms with van der Waals surface area (Å²) in [6.45, 7) is 14.2. The number of rotatable bonds is 5.